The zero-order valence-electron chi connectivity index (χ0n) is 13.7. The Balaban J connectivity index is 1.60. The first-order valence-corrected chi connectivity index (χ1v) is 8.19. The van der Waals surface area contributed by atoms with Gasteiger partial charge in [0.25, 0.3) is 0 Å². The van der Waals surface area contributed by atoms with Crippen molar-refractivity contribution in [2.45, 2.75) is 13.0 Å². The summed E-state index contributed by atoms with van der Waals surface area (Å²) in [5.41, 5.74) is 2.78. The van der Waals surface area contributed by atoms with Gasteiger partial charge in [0.2, 0.25) is 0 Å². The van der Waals surface area contributed by atoms with Gasteiger partial charge in [0.1, 0.15) is 0 Å². The molecule has 0 spiro atoms. The highest BCUT2D eigenvalue weighted by molar-refractivity contribution is 5.48. The van der Waals surface area contributed by atoms with Crippen molar-refractivity contribution in [3.8, 4) is 11.5 Å². The highest BCUT2D eigenvalue weighted by atomic mass is 16.5. The van der Waals surface area contributed by atoms with Crippen molar-refractivity contribution in [3.63, 3.8) is 0 Å². The third-order valence-electron chi connectivity index (χ3n) is 4.74. The number of hydrogen-bond donors (Lipinski definition) is 1. The Labute approximate surface area is 133 Å². The minimum Gasteiger partial charge on any atom is -0.493 e. The fraction of sp³-hybridized carbons (Fsp3) is 0.647. The van der Waals surface area contributed by atoms with E-state index in [1.165, 1.54) is 30.8 Å². The maximum Gasteiger partial charge on any atom is 0.161 e. The highest BCUT2D eigenvalue weighted by Gasteiger charge is 2.20. The first kappa shape index (κ1) is 15.6. The Kier molecular flexibility index (Phi) is 5.18. The van der Waals surface area contributed by atoms with E-state index in [0.29, 0.717) is 0 Å². The van der Waals surface area contributed by atoms with E-state index in [0.717, 1.165) is 50.6 Å². The van der Waals surface area contributed by atoms with Gasteiger partial charge in [0.15, 0.2) is 11.5 Å². The Morgan fingerprint density at radius 2 is 1.55 bits per heavy atom. The van der Waals surface area contributed by atoms with Crippen LogP contribution in [0.4, 0.5) is 0 Å². The fourth-order valence-electron chi connectivity index (χ4n) is 3.35. The molecule has 5 heteroatoms. The second-order valence-electron chi connectivity index (χ2n) is 6.09. The molecule has 2 heterocycles. The molecule has 0 amide bonds. The van der Waals surface area contributed by atoms with E-state index in [2.05, 4.69) is 27.2 Å². The van der Waals surface area contributed by atoms with Crippen LogP contribution in [-0.4, -0.2) is 69.8 Å². The number of rotatable bonds is 5. The van der Waals surface area contributed by atoms with Crippen molar-refractivity contribution in [1.82, 2.24) is 15.1 Å². The molecule has 0 aromatic heterocycles. The topological polar surface area (TPSA) is 37.0 Å². The maximum atomic E-state index is 5.43. The second kappa shape index (κ2) is 7.31. The molecule has 0 bridgehead atoms. The van der Waals surface area contributed by atoms with Gasteiger partial charge in [-0.1, -0.05) is 0 Å². The van der Waals surface area contributed by atoms with Crippen LogP contribution in [0.1, 0.15) is 11.1 Å². The molecule has 0 unspecified atom stereocenters. The van der Waals surface area contributed by atoms with Gasteiger partial charge in [-0.15, -0.1) is 0 Å². The zero-order valence-corrected chi connectivity index (χ0v) is 13.7. The Hall–Kier alpha value is -1.30. The van der Waals surface area contributed by atoms with E-state index in [4.69, 9.17) is 9.47 Å². The second-order valence-corrected chi connectivity index (χ2v) is 6.09. The summed E-state index contributed by atoms with van der Waals surface area (Å²) in [6.45, 7) is 9.07. The molecule has 0 radical (unpaired) electrons. The first-order chi connectivity index (χ1) is 10.8. The minimum absolute atomic E-state index is 0.838. The molecule has 1 N–H and O–H groups in total. The average molecular weight is 305 g/mol. The quantitative estimate of drug-likeness (QED) is 0.877. The molecule has 3 rings (SSSR count). The summed E-state index contributed by atoms with van der Waals surface area (Å²) in [7, 11) is 3.40. The summed E-state index contributed by atoms with van der Waals surface area (Å²) in [5, 5.41) is 3.41. The van der Waals surface area contributed by atoms with E-state index < -0.39 is 0 Å². The molecule has 2 aliphatic heterocycles. The normalized spacial score (nSPS) is 19.7. The minimum atomic E-state index is 0.838. The summed E-state index contributed by atoms with van der Waals surface area (Å²) in [6, 6.07) is 4.28. The highest BCUT2D eigenvalue weighted by Crippen LogP contribution is 2.33. The van der Waals surface area contributed by atoms with Crippen LogP contribution >= 0.6 is 0 Å². The lowest BCUT2D eigenvalue weighted by Crippen LogP contribution is -2.46. The summed E-state index contributed by atoms with van der Waals surface area (Å²) in [4.78, 5) is 5.11. The van der Waals surface area contributed by atoms with Gasteiger partial charge in [-0.05, 0) is 29.7 Å². The predicted molar refractivity (Wildman–Crippen MR) is 87.8 cm³/mol. The first-order valence-electron chi connectivity index (χ1n) is 8.19. The molecule has 0 aliphatic carbocycles. The van der Waals surface area contributed by atoms with Crippen LogP contribution in [0, 0.1) is 0 Å². The number of benzene rings is 1. The zero-order chi connectivity index (χ0) is 15.4. The number of methoxy groups -OCH3 is 2. The maximum absolute atomic E-state index is 5.43. The van der Waals surface area contributed by atoms with Gasteiger partial charge in [0.05, 0.1) is 14.2 Å². The van der Waals surface area contributed by atoms with Crippen LogP contribution in [0.2, 0.25) is 0 Å². The largest absolute Gasteiger partial charge is 0.493 e. The lowest BCUT2D eigenvalue weighted by Gasteiger charge is -2.33. The van der Waals surface area contributed by atoms with E-state index in [1.807, 2.05) is 0 Å². The standard InChI is InChI=1S/C17H27N3O2/c1-21-16-11-14-3-6-20(13-15(14)12-17(16)22-2)10-9-19-7-4-18-5-8-19/h11-12,18H,3-10,13H2,1-2H3. The number of ether oxygens (including phenoxy) is 2. The number of fused-ring (bicyclic) bond motifs is 1. The Morgan fingerprint density at radius 1 is 0.909 bits per heavy atom. The van der Waals surface area contributed by atoms with E-state index in [1.54, 1.807) is 14.2 Å². The number of nitrogens with zero attached hydrogens (tertiary/aromatic N) is 2. The van der Waals surface area contributed by atoms with Crippen molar-refractivity contribution in [2.75, 3.05) is 60.0 Å². The number of piperazine rings is 1. The molecular formula is C17H27N3O2. The van der Waals surface area contributed by atoms with Gasteiger partial charge in [-0.2, -0.15) is 0 Å². The van der Waals surface area contributed by atoms with Crippen molar-refractivity contribution >= 4 is 0 Å². The van der Waals surface area contributed by atoms with Gasteiger partial charge < -0.3 is 14.8 Å². The summed E-state index contributed by atoms with van der Waals surface area (Å²) in [6.07, 6.45) is 1.09. The molecule has 1 aromatic rings. The number of nitrogens with one attached hydrogen (secondary N) is 1. The molecule has 1 saturated heterocycles. The predicted octanol–water partition coefficient (Wildman–Crippen LogP) is 0.967. The SMILES string of the molecule is COc1cc2c(cc1OC)CN(CCN1CCNCC1)CC2. The lowest BCUT2D eigenvalue weighted by molar-refractivity contribution is 0.179. The molecule has 22 heavy (non-hydrogen) atoms. The third-order valence-corrected chi connectivity index (χ3v) is 4.74. The van der Waals surface area contributed by atoms with Crippen molar-refractivity contribution in [3.05, 3.63) is 23.3 Å². The lowest BCUT2D eigenvalue weighted by atomic mass is 9.99. The molecule has 2 aliphatic rings. The summed E-state index contributed by atoms with van der Waals surface area (Å²) in [5.74, 6) is 1.68. The monoisotopic (exact) mass is 305 g/mol. The molecule has 0 saturated carbocycles. The van der Waals surface area contributed by atoms with Crippen LogP contribution in [0.3, 0.4) is 0 Å². The molecule has 1 aromatic carbocycles. The molecule has 5 nitrogen and oxygen atoms in total. The fourth-order valence-corrected chi connectivity index (χ4v) is 3.35. The van der Waals surface area contributed by atoms with Gasteiger partial charge in [-0.3, -0.25) is 9.80 Å². The molecular weight excluding hydrogens is 278 g/mol. The van der Waals surface area contributed by atoms with Gasteiger partial charge >= 0.3 is 0 Å². The van der Waals surface area contributed by atoms with Crippen LogP contribution in [-0.2, 0) is 13.0 Å². The smallest absolute Gasteiger partial charge is 0.161 e. The van der Waals surface area contributed by atoms with Crippen LogP contribution in [0.5, 0.6) is 11.5 Å². The van der Waals surface area contributed by atoms with Crippen LogP contribution in [0.25, 0.3) is 0 Å². The summed E-state index contributed by atoms with van der Waals surface area (Å²) < 4.78 is 10.8. The Morgan fingerprint density at radius 3 is 2.23 bits per heavy atom. The molecule has 1 fully saturated rings. The van der Waals surface area contributed by atoms with E-state index in [-0.39, 0.29) is 0 Å². The number of hydrogen-bond acceptors (Lipinski definition) is 5. The van der Waals surface area contributed by atoms with Crippen LogP contribution in [0.15, 0.2) is 12.1 Å². The van der Waals surface area contributed by atoms with Crippen molar-refractivity contribution < 1.29 is 9.47 Å². The molecule has 122 valence electrons. The van der Waals surface area contributed by atoms with Crippen molar-refractivity contribution in [2.24, 2.45) is 0 Å². The third kappa shape index (κ3) is 3.54. The van der Waals surface area contributed by atoms with Crippen molar-refractivity contribution in [1.29, 1.82) is 0 Å². The molecule has 0 atom stereocenters. The summed E-state index contributed by atoms with van der Waals surface area (Å²) >= 11 is 0. The Bertz CT molecular complexity index is 501. The van der Waals surface area contributed by atoms with Gasteiger partial charge in [0, 0.05) is 52.4 Å². The van der Waals surface area contributed by atoms with Crippen LogP contribution < -0.4 is 14.8 Å². The average Bonchev–Trinajstić information content (AvgIpc) is 2.59. The van der Waals surface area contributed by atoms with E-state index >= 15 is 0 Å². The van der Waals surface area contributed by atoms with Gasteiger partial charge in [-0.25, -0.2) is 0 Å². The van der Waals surface area contributed by atoms with E-state index in [9.17, 15) is 0 Å².